The third-order valence-corrected chi connectivity index (χ3v) is 4.34. The van der Waals surface area contributed by atoms with Crippen molar-refractivity contribution >= 4 is 18.0 Å². The zero-order chi connectivity index (χ0) is 20.5. The predicted octanol–water partition coefficient (Wildman–Crippen LogP) is 3.11. The summed E-state index contributed by atoms with van der Waals surface area (Å²) < 4.78 is 6.77. The van der Waals surface area contributed by atoms with Gasteiger partial charge in [0.25, 0.3) is 5.91 Å². The van der Waals surface area contributed by atoms with E-state index in [0.29, 0.717) is 13.1 Å². The molecule has 0 bridgehead atoms. The lowest BCUT2D eigenvalue weighted by molar-refractivity contribution is -0.143. The lowest BCUT2D eigenvalue weighted by Gasteiger charge is -2.07. The minimum Gasteiger partial charge on any atom is -0.452 e. The van der Waals surface area contributed by atoms with Crippen molar-refractivity contribution in [3.8, 4) is 0 Å². The maximum absolute atomic E-state index is 11.9. The average molecular weight is 389 g/mol. The van der Waals surface area contributed by atoms with Crippen LogP contribution in [-0.2, 0) is 27.4 Å². The molecule has 0 fully saturated rings. The van der Waals surface area contributed by atoms with Crippen molar-refractivity contribution in [2.75, 3.05) is 6.61 Å². The normalized spacial score (nSPS) is 10.8. The van der Waals surface area contributed by atoms with E-state index in [9.17, 15) is 9.59 Å². The second-order valence-corrected chi connectivity index (χ2v) is 6.60. The lowest BCUT2D eigenvalue weighted by atomic mass is 10.1. The number of aromatic nitrogens is 2. The molecule has 2 aromatic carbocycles. The van der Waals surface area contributed by atoms with E-state index >= 15 is 0 Å². The first-order valence-electron chi connectivity index (χ1n) is 9.32. The third kappa shape index (κ3) is 6.46. The topological polar surface area (TPSA) is 73.2 Å². The van der Waals surface area contributed by atoms with Gasteiger partial charge in [-0.1, -0.05) is 54.6 Å². The zero-order valence-electron chi connectivity index (χ0n) is 16.2. The van der Waals surface area contributed by atoms with Crippen molar-refractivity contribution in [1.82, 2.24) is 15.1 Å². The summed E-state index contributed by atoms with van der Waals surface area (Å²) in [5.41, 5.74) is 4.05. The first-order chi connectivity index (χ1) is 14.1. The molecule has 0 radical (unpaired) electrons. The van der Waals surface area contributed by atoms with Gasteiger partial charge < -0.3 is 10.1 Å². The summed E-state index contributed by atoms with van der Waals surface area (Å²) in [5, 5.41) is 7.01. The molecule has 0 atom stereocenters. The molecule has 0 spiro atoms. The van der Waals surface area contributed by atoms with Gasteiger partial charge in [0.05, 0.1) is 12.7 Å². The van der Waals surface area contributed by atoms with E-state index in [0.717, 1.165) is 22.3 Å². The Kier molecular flexibility index (Phi) is 6.95. The number of nitrogens with one attached hydrogen (secondary N) is 1. The van der Waals surface area contributed by atoms with Gasteiger partial charge in [0, 0.05) is 24.4 Å². The minimum atomic E-state index is -0.577. The van der Waals surface area contributed by atoms with Gasteiger partial charge in [-0.3, -0.25) is 9.48 Å². The molecule has 6 nitrogen and oxygen atoms in total. The van der Waals surface area contributed by atoms with Crippen LogP contribution in [0.4, 0.5) is 0 Å². The van der Waals surface area contributed by atoms with Crippen LogP contribution < -0.4 is 5.32 Å². The van der Waals surface area contributed by atoms with Crippen LogP contribution in [0.15, 0.2) is 73.1 Å². The SMILES string of the molecule is Cc1ccccc1CNC(=O)COC(=O)/C=C/c1cnn(Cc2ccccc2)c1. The Morgan fingerprint density at radius 3 is 2.66 bits per heavy atom. The molecule has 0 saturated heterocycles. The Labute approximate surface area is 169 Å². The van der Waals surface area contributed by atoms with E-state index in [2.05, 4.69) is 10.4 Å². The van der Waals surface area contributed by atoms with Crippen LogP contribution in [-0.4, -0.2) is 28.3 Å². The molecule has 1 heterocycles. The fraction of sp³-hybridized carbons (Fsp3) is 0.174. The van der Waals surface area contributed by atoms with Crippen LogP contribution in [0, 0.1) is 6.92 Å². The van der Waals surface area contributed by atoms with Crippen molar-refractivity contribution in [2.24, 2.45) is 0 Å². The van der Waals surface area contributed by atoms with E-state index < -0.39 is 5.97 Å². The van der Waals surface area contributed by atoms with E-state index in [1.54, 1.807) is 17.0 Å². The van der Waals surface area contributed by atoms with Gasteiger partial charge in [-0.25, -0.2) is 4.79 Å². The number of nitrogens with zero attached hydrogens (tertiary/aromatic N) is 2. The molecule has 0 saturated carbocycles. The van der Waals surface area contributed by atoms with Crippen LogP contribution >= 0.6 is 0 Å². The monoisotopic (exact) mass is 389 g/mol. The highest BCUT2D eigenvalue weighted by molar-refractivity contribution is 5.89. The number of carbonyl (C=O) groups excluding carboxylic acids is 2. The van der Waals surface area contributed by atoms with Crippen LogP contribution in [0.2, 0.25) is 0 Å². The van der Waals surface area contributed by atoms with E-state index in [-0.39, 0.29) is 12.5 Å². The number of esters is 1. The number of hydrogen-bond donors (Lipinski definition) is 1. The molecule has 3 aromatic rings. The molecule has 1 amide bonds. The molecule has 29 heavy (non-hydrogen) atoms. The predicted molar refractivity (Wildman–Crippen MR) is 111 cm³/mol. The summed E-state index contributed by atoms with van der Waals surface area (Å²) in [6.07, 6.45) is 6.41. The molecule has 3 rings (SSSR count). The zero-order valence-corrected chi connectivity index (χ0v) is 16.2. The molecular weight excluding hydrogens is 366 g/mol. The molecule has 1 N–H and O–H groups in total. The number of benzene rings is 2. The molecule has 0 aliphatic heterocycles. The van der Waals surface area contributed by atoms with Gasteiger partial charge in [-0.2, -0.15) is 5.10 Å². The van der Waals surface area contributed by atoms with Gasteiger partial charge >= 0.3 is 5.97 Å². The Hall–Kier alpha value is -3.67. The maximum Gasteiger partial charge on any atom is 0.331 e. The lowest BCUT2D eigenvalue weighted by Crippen LogP contribution is -2.28. The average Bonchev–Trinajstić information content (AvgIpc) is 3.18. The van der Waals surface area contributed by atoms with Crippen LogP contribution in [0.1, 0.15) is 22.3 Å². The van der Waals surface area contributed by atoms with Gasteiger partial charge in [0.1, 0.15) is 0 Å². The van der Waals surface area contributed by atoms with Crippen molar-refractivity contribution in [1.29, 1.82) is 0 Å². The summed E-state index contributed by atoms with van der Waals surface area (Å²) in [6, 6.07) is 17.8. The Morgan fingerprint density at radius 2 is 1.86 bits per heavy atom. The van der Waals surface area contributed by atoms with Crippen molar-refractivity contribution in [3.63, 3.8) is 0 Å². The number of rotatable bonds is 8. The van der Waals surface area contributed by atoms with E-state index in [1.165, 1.54) is 6.08 Å². The molecule has 0 aliphatic rings. The Balaban J connectivity index is 1.41. The van der Waals surface area contributed by atoms with Gasteiger partial charge in [-0.15, -0.1) is 0 Å². The van der Waals surface area contributed by atoms with Crippen LogP contribution in [0.5, 0.6) is 0 Å². The first-order valence-corrected chi connectivity index (χ1v) is 9.32. The maximum atomic E-state index is 11.9. The smallest absolute Gasteiger partial charge is 0.331 e. The molecule has 6 heteroatoms. The van der Waals surface area contributed by atoms with E-state index in [1.807, 2.05) is 67.7 Å². The fourth-order valence-corrected chi connectivity index (χ4v) is 2.72. The van der Waals surface area contributed by atoms with Gasteiger partial charge in [0.2, 0.25) is 0 Å². The van der Waals surface area contributed by atoms with Crippen molar-refractivity contribution in [3.05, 3.63) is 95.3 Å². The van der Waals surface area contributed by atoms with Crippen LogP contribution in [0.25, 0.3) is 6.08 Å². The van der Waals surface area contributed by atoms with Crippen molar-refractivity contribution < 1.29 is 14.3 Å². The largest absolute Gasteiger partial charge is 0.452 e. The number of amides is 1. The minimum absolute atomic E-state index is 0.317. The Morgan fingerprint density at radius 1 is 1.10 bits per heavy atom. The highest BCUT2D eigenvalue weighted by Gasteiger charge is 2.06. The second-order valence-electron chi connectivity index (χ2n) is 6.60. The number of aryl methyl sites for hydroxylation is 1. The summed E-state index contributed by atoms with van der Waals surface area (Å²) in [6.45, 7) is 2.72. The third-order valence-electron chi connectivity index (χ3n) is 4.34. The number of carbonyl (C=O) groups is 2. The van der Waals surface area contributed by atoms with Gasteiger partial charge in [-0.05, 0) is 29.7 Å². The van der Waals surface area contributed by atoms with Crippen molar-refractivity contribution in [2.45, 2.75) is 20.0 Å². The summed E-state index contributed by atoms with van der Waals surface area (Å²) >= 11 is 0. The molecule has 148 valence electrons. The number of ether oxygens (including phenoxy) is 1. The number of hydrogen-bond acceptors (Lipinski definition) is 4. The summed E-state index contributed by atoms with van der Waals surface area (Å²) in [7, 11) is 0. The molecule has 1 aromatic heterocycles. The van der Waals surface area contributed by atoms with Gasteiger partial charge in [0.15, 0.2) is 6.61 Å². The van der Waals surface area contributed by atoms with E-state index in [4.69, 9.17) is 4.74 Å². The highest BCUT2D eigenvalue weighted by Crippen LogP contribution is 2.07. The quantitative estimate of drug-likeness (QED) is 0.475. The van der Waals surface area contributed by atoms with Crippen LogP contribution in [0.3, 0.4) is 0 Å². The summed E-state index contributed by atoms with van der Waals surface area (Å²) in [4.78, 5) is 23.7. The fourth-order valence-electron chi connectivity index (χ4n) is 2.72. The Bertz CT molecular complexity index is 993. The molecule has 0 unspecified atom stereocenters. The highest BCUT2D eigenvalue weighted by atomic mass is 16.5. The molecular formula is C23H23N3O3. The molecule has 0 aliphatic carbocycles. The standard InChI is InChI=1S/C23H23N3O3/c1-18-7-5-6-10-21(18)14-24-22(27)17-29-23(28)12-11-20-13-25-26(16-20)15-19-8-3-2-4-9-19/h2-13,16H,14-15,17H2,1H3,(H,24,27)/b12-11+. The second kappa shape index (κ2) is 10.0. The summed E-state index contributed by atoms with van der Waals surface area (Å²) in [5.74, 6) is -0.919. The first kappa shape index (κ1) is 20.1.